The first-order chi connectivity index (χ1) is 13.0. The average molecular weight is 432 g/mol. The van der Waals surface area contributed by atoms with Gasteiger partial charge in [0.2, 0.25) is 17.7 Å². The zero-order valence-electron chi connectivity index (χ0n) is 15.2. The topological polar surface area (TPSA) is 69.7 Å². The molecule has 0 aliphatic carbocycles. The third-order valence-corrected chi connectivity index (χ3v) is 7.27. The Morgan fingerprint density at radius 3 is 2.85 bits per heavy atom. The number of halogens is 1. The van der Waals surface area contributed by atoms with Gasteiger partial charge < -0.3 is 5.32 Å². The molecule has 4 aliphatic heterocycles. The number of nitrogens with one attached hydrogen (secondary N) is 1. The van der Waals surface area contributed by atoms with Crippen LogP contribution in [0.2, 0.25) is 0 Å². The molecule has 6 nitrogen and oxygen atoms in total. The predicted octanol–water partition coefficient (Wildman–Crippen LogP) is 2.48. The van der Waals surface area contributed by atoms with Crippen molar-refractivity contribution in [2.75, 3.05) is 18.4 Å². The summed E-state index contributed by atoms with van der Waals surface area (Å²) in [4.78, 5) is 43.6. The Morgan fingerprint density at radius 1 is 1.26 bits per heavy atom. The molecule has 7 heteroatoms. The molecule has 4 heterocycles. The third kappa shape index (κ3) is 2.02. The van der Waals surface area contributed by atoms with E-state index < -0.39 is 17.4 Å². The molecule has 4 atom stereocenters. The van der Waals surface area contributed by atoms with Crippen molar-refractivity contribution < 1.29 is 14.4 Å². The van der Waals surface area contributed by atoms with Crippen LogP contribution in [0.15, 0.2) is 22.7 Å². The van der Waals surface area contributed by atoms with E-state index in [1.165, 1.54) is 4.90 Å². The standard InChI is InChI=1S/C20H22BrN3O3/c1-2-3-8-23-17(25)15-14-5-4-9-24(14)20(16(15)18(23)26)12-10-11(21)6-7-13(12)22-19(20)27/h6-7,10,14-16H,2-5,8-9H2,1H3,(H,22,27)/t14-,15-,16-,20+/m0/s1. The van der Waals surface area contributed by atoms with Crippen LogP contribution < -0.4 is 5.32 Å². The van der Waals surface area contributed by atoms with Gasteiger partial charge in [-0.1, -0.05) is 29.3 Å². The van der Waals surface area contributed by atoms with E-state index in [-0.39, 0.29) is 23.8 Å². The highest BCUT2D eigenvalue weighted by atomic mass is 79.9. The molecule has 3 fully saturated rings. The zero-order chi connectivity index (χ0) is 18.9. The summed E-state index contributed by atoms with van der Waals surface area (Å²) in [5, 5.41) is 2.99. The van der Waals surface area contributed by atoms with Gasteiger partial charge in [-0.3, -0.25) is 24.2 Å². The van der Waals surface area contributed by atoms with Gasteiger partial charge in [-0.15, -0.1) is 0 Å². The summed E-state index contributed by atoms with van der Waals surface area (Å²) in [6.07, 6.45) is 3.53. The molecule has 3 amide bonds. The van der Waals surface area contributed by atoms with Gasteiger partial charge in [-0.2, -0.15) is 0 Å². The number of hydrogen-bond donors (Lipinski definition) is 1. The summed E-state index contributed by atoms with van der Waals surface area (Å²) >= 11 is 3.51. The normalized spacial score (nSPS) is 34.4. The van der Waals surface area contributed by atoms with E-state index in [0.717, 1.165) is 48.0 Å². The van der Waals surface area contributed by atoms with Crippen LogP contribution in [0.3, 0.4) is 0 Å². The summed E-state index contributed by atoms with van der Waals surface area (Å²) < 4.78 is 0.871. The van der Waals surface area contributed by atoms with Crippen LogP contribution >= 0.6 is 15.9 Å². The van der Waals surface area contributed by atoms with Crippen LogP contribution in [0.25, 0.3) is 0 Å². The summed E-state index contributed by atoms with van der Waals surface area (Å²) in [5.74, 6) is -1.44. The number of amides is 3. The maximum absolute atomic E-state index is 13.4. The molecular weight excluding hydrogens is 410 g/mol. The fraction of sp³-hybridized carbons (Fsp3) is 0.550. The van der Waals surface area contributed by atoms with Crippen LogP contribution in [0.4, 0.5) is 5.69 Å². The number of hydrogen-bond acceptors (Lipinski definition) is 4. The lowest BCUT2D eigenvalue weighted by molar-refractivity contribution is -0.145. The molecule has 3 saturated heterocycles. The van der Waals surface area contributed by atoms with E-state index in [9.17, 15) is 14.4 Å². The Hall–Kier alpha value is -1.73. The first-order valence-electron chi connectivity index (χ1n) is 9.75. The van der Waals surface area contributed by atoms with E-state index in [1.807, 2.05) is 25.1 Å². The van der Waals surface area contributed by atoms with Crippen LogP contribution in [-0.4, -0.2) is 46.7 Å². The van der Waals surface area contributed by atoms with Gasteiger partial charge in [0.1, 0.15) is 5.54 Å². The number of anilines is 1. The number of rotatable bonds is 3. The zero-order valence-corrected chi connectivity index (χ0v) is 16.8. The van der Waals surface area contributed by atoms with Crippen molar-refractivity contribution in [3.05, 3.63) is 28.2 Å². The minimum absolute atomic E-state index is 0.0336. The molecule has 4 aliphatic rings. The molecule has 142 valence electrons. The Kier molecular flexibility index (Phi) is 3.78. The van der Waals surface area contributed by atoms with Crippen molar-refractivity contribution in [1.29, 1.82) is 0 Å². The monoisotopic (exact) mass is 431 g/mol. The number of carbonyl (C=O) groups excluding carboxylic acids is 3. The summed E-state index contributed by atoms with van der Waals surface area (Å²) in [7, 11) is 0. The minimum atomic E-state index is -1.06. The molecule has 0 radical (unpaired) electrons. The van der Waals surface area contributed by atoms with Gasteiger partial charge in [-0.25, -0.2) is 0 Å². The quantitative estimate of drug-likeness (QED) is 0.746. The van der Waals surface area contributed by atoms with Gasteiger partial charge in [0, 0.05) is 28.3 Å². The average Bonchev–Trinajstić information content (AvgIpc) is 3.33. The maximum atomic E-state index is 13.4. The molecule has 0 unspecified atom stereocenters. The number of likely N-dealkylation sites (tertiary alicyclic amines) is 1. The van der Waals surface area contributed by atoms with Crippen molar-refractivity contribution >= 4 is 39.3 Å². The lowest BCUT2D eigenvalue weighted by atomic mass is 9.75. The van der Waals surface area contributed by atoms with Crippen molar-refractivity contribution in [3.8, 4) is 0 Å². The Labute approximate surface area is 166 Å². The number of benzene rings is 1. The number of unbranched alkanes of at least 4 members (excludes halogenated alkanes) is 1. The van der Waals surface area contributed by atoms with Crippen LogP contribution in [0, 0.1) is 11.8 Å². The van der Waals surface area contributed by atoms with E-state index in [0.29, 0.717) is 6.54 Å². The molecule has 5 rings (SSSR count). The first kappa shape index (κ1) is 17.4. The third-order valence-electron chi connectivity index (χ3n) is 6.78. The Morgan fingerprint density at radius 2 is 2.07 bits per heavy atom. The van der Waals surface area contributed by atoms with Crippen LogP contribution in [0.1, 0.15) is 38.2 Å². The SMILES string of the molecule is CCCCN1C(=O)[C@@H]2[C@@H](C1=O)[C@]1(C(=O)Nc3ccc(Br)cc31)N1CCC[C@@H]21. The molecule has 1 aromatic carbocycles. The van der Waals surface area contributed by atoms with Crippen LogP contribution in [-0.2, 0) is 19.9 Å². The van der Waals surface area contributed by atoms with Gasteiger partial charge in [0.15, 0.2) is 0 Å². The number of imide groups is 1. The summed E-state index contributed by atoms with van der Waals surface area (Å²) in [6, 6.07) is 5.67. The molecule has 0 saturated carbocycles. The molecular formula is C20H22BrN3O3. The Balaban J connectivity index is 1.69. The van der Waals surface area contributed by atoms with Crippen molar-refractivity contribution in [2.45, 2.75) is 44.2 Å². The molecule has 1 spiro atoms. The smallest absolute Gasteiger partial charge is 0.250 e. The number of fused-ring (bicyclic) bond motifs is 7. The highest BCUT2D eigenvalue weighted by Crippen LogP contribution is 2.60. The fourth-order valence-corrected chi connectivity index (χ4v) is 6.13. The molecule has 0 aromatic heterocycles. The minimum Gasteiger partial charge on any atom is -0.324 e. The van der Waals surface area contributed by atoms with E-state index in [2.05, 4.69) is 26.1 Å². The second kappa shape index (κ2) is 5.88. The van der Waals surface area contributed by atoms with Crippen molar-refractivity contribution in [2.24, 2.45) is 11.8 Å². The predicted molar refractivity (Wildman–Crippen MR) is 103 cm³/mol. The van der Waals surface area contributed by atoms with Crippen molar-refractivity contribution in [1.82, 2.24) is 9.80 Å². The summed E-state index contributed by atoms with van der Waals surface area (Å²) in [6.45, 7) is 3.24. The van der Waals surface area contributed by atoms with Gasteiger partial charge in [0.05, 0.1) is 11.8 Å². The fourth-order valence-electron chi connectivity index (χ4n) is 5.77. The number of nitrogens with zero attached hydrogens (tertiary/aromatic N) is 2. The van der Waals surface area contributed by atoms with E-state index >= 15 is 0 Å². The lowest BCUT2D eigenvalue weighted by Crippen LogP contribution is -2.54. The largest absolute Gasteiger partial charge is 0.324 e. The van der Waals surface area contributed by atoms with Gasteiger partial charge in [0.25, 0.3) is 0 Å². The number of carbonyl (C=O) groups is 3. The summed E-state index contributed by atoms with van der Waals surface area (Å²) in [5.41, 5.74) is 0.528. The second-order valence-corrected chi connectivity index (χ2v) is 8.91. The molecule has 1 aromatic rings. The maximum Gasteiger partial charge on any atom is 0.250 e. The Bertz CT molecular complexity index is 872. The molecule has 27 heavy (non-hydrogen) atoms. The van der Waals surface area contributed by atoms with Gasteiger partial charge >= 0.3 is 0 Å². The lowest BCUT2D eigenvalue weighted by Gasteiger charge is -2.36. The van der Waals surface area contributed by atoms with E-state index in [1.54, 1.807) is 0 Å². The van der Waals surface area contributed by atoms with E-state index in [4.69, 9.17) is 0 Å². The molecule has 0 bridgehead atoms. The van der Waals surface area contributed by atoms with Crippen LogP contribution in [0.5, 0.6) is 0 Å². The highest BCUT2D eigenvalue weighted by Gasteiger charge is 2.74. The van der Waals surface area contributed by atoms with Gasteiger partial charge in [-0.05, 0) is 44.0 Å². The first-order valence-corrected chi connectivity index (χ1v) is 10.5. The molecule has 1 N–H and O–H groups in total. The highest BCUT2D eigenvalue weighted by molar-refractivity contribution is 9.10. The van der Waals surface area contributed by atoms with Crippen molar-refractivity contribution in [3.63, 3.8) is 0 Å². The second-order valence-electron chi connectivity index (χ2n) is 8.00.